The SMILES string of the molecule is O=C(c1ccc(Br)c(Cl)c1)N1CCOCC1CCl. The number of benzene rings is 1. The van der Waals surface area contributed by atoms with Gasteiger partial charge in [-0.15, -0.1) is 11.6 Å². The van der Waals surface area contributed by atoms with Gasteiger partial charge in [-0.25, -0.2) is 0 Å². The molecule has 1 atom stereocenters. The number of nitrogens with zero attached hydrogens (tertiary/aromatic N) is 1. The van der Waals surface area contributed by atoms with Crippen molar-refractivity contribution in [3.05, 3.63) is 33.3 Å². The second kappa shape index (κ2) is 6.24. The minimum absolute atomic E-state index is 0.0571. The molecule has 18 heavy (non-hydrogen) atoms. The molecule has 1 fully saturated rings. The summed E-state index contributed by atoms with van der Waals surface area (Å²) in [5.41, 5.74) is 0.570. The molecule has 0 saturated carbocycles. The molecule has 98 valence electrons. The number of hydrogen-bond acceptors (Lipinski definition) is 2. The molecule has 2 rings (SSSR count). The molecule has 0 bridgehead atoms. The molecule has 1 aromatic rings. The van der Waals surface area contributed by atoms with Gasteiger partial charge in [-0.1, -0.05) is 11.6 Å². The number of carbonyl (C=O) groups is 1. The van der Waals surface area contributed by atoms with Crippen molar-refractivity contribution in [2.45, 2.75) is 6.04 Å². The van der Waals surface area contributed by atoms with Gasteiger partial charge in [0.25, 0.3) is 5.91 Å². The third-order valence-electron chi connectivity index (χ3n) is 2.83. The Balaban J connectivity index is 2.21. The van der Waals surface area contributed by atoms with Crippen LogP contribution in [0.2, 0.25) is 5.02 Å². The van der Waals surface area contributed by atoms with Crippen LogP contribution in [-0.4, -0.2) is 42.5 Å². The molecule has 3 nitrogen and oxygen atoms in total. The lowest BCUT2D eigenvalue weighted by molar-refractivity contribution is 0.00456. The Bertz CT molecular complexity index is 456. The topological polar surface area (TPSA) is 29.5 Å². The summed E-state index contributed by atoms with van der Waals surface area (Å²) >= 11 is 15.2. The second-order valence-electron chi connectivity index (χ2n) is 4.01. The Kier molecular flexibility index (Phi) is 4.90. The minimum atomic E-state index is -0.0738. The maximum Gasteiger partial charge on any atom is 0.254 e. The molecular formula is C12H12BrCl2NO2. The van der Waals surface area contributed by atoms with Crippen LogP contribution in [0.4, 0.5) is 0 Å². The predicted molar refractivity (Wildman–Crippen MR) is 75.5 cm³/mol. The molecule has 0 N–H and O–H groups in total. The van der Waals surface area contributed by atoms with Crippen molar-refractivity contribution in [1.29, 1.82) is 0 Å². The quantitative estimate of drug-likeness (QED) is 0.765. The predicted octanol–water partition coefficient (Wildman–Crippen LogP) is 3.18. The highest BCUT2D eigenvalue weighted by Crippen LogP contribution is 2.24. The third kappa shape index (κ3) is 2.99. The van der Waals surface area contributed by atoms with Crippen LogP contribution < -0.4 is 0 Å². The van der Waals surface area contributed by atoms with Gasteiger partial charge in [0, 0.05) is 22.5 Å². The number of morpholine rings is 1. The molecule has 1 aromatic carbocycles. The van der Waals surface area contributed by atoms with E-state index in [9.17, 15) is 4.79 Å². The fraction of sp³-hybridized carbons (Fsp3) is 0.417. The zero-order valence-electron chi connectivity index (χ0n) is 9.54. The summed E-state index contributed by atoms with van der Waals surface area (Å²) in [6.07, 6.45) is 0. The molecule has 1 saturated heterocycles. The summed E-state index contributed by atoms with van der Waals surface area (Å²) in [6, 6.07) is 5.11. The van der Waals surface area contributed by atoms with E-state index in [0.29, 0.717) is 36.2 Å². The maximum atomic E-state index is 12.4. The lowest BCUT2D eigenvalue weighted by atomic mass is 10.1. The van der Waals surface area contributed by atoms with Crippen molar-refractivity contribution in [2.75, 3.05) is 25.6 Å². The van der Waals surface area contributed by atoms with Crippen molar-refractivity contribution >= 4 is 45.0 Å². The zero-order valence-corrected chi connectivity index (χ0v) is 12.6. The first kappa shape index (κ1) is 14.1. The highest BCUT2D eigenvalue weighted by molar-refractivity contribution is 9.10. The molecule has 0 spiro atoms. The monoisotopic (exact) mass is 351 g/mol. The van der Waals surface area contributed by atoms with Gasteiger partial charge in [0.15, 0.2) is 0 Å². The first-order valence-electron chi connectivity index (χ1n) is 5.53. The van der Waals surface area contributed by atoms with Crippen molar-refractivity contribution in [3.8, 4) is 0 Å². The van der Waals surface area contributed by atoms with E-state index in [2.05, 4.69) is 15.9 Å². The summed E-state index contributed by atoms with van der Waals surface area (Å²) in [4.78, 5) is 14.1. The molecule has 1 aliphatic heterocycles. The van der Waals surface area contributed by atoms with Gasteiger partial charge in [0.1, 0.15) is 0 Å². The molecule has 1 aliphatic rings. The Morgan fingerprint density at radius 3 is 3.00 bits per heavy atom. The largest absolute Gasteiger partial charge is 0.377 e. The van der Waals surface area contributed by atoms with E-state index < -0.39 is 0 Å². The summed E-state index contributed by atoms with van der Waals surface area (Å²) in [5, 5.41) is 0.525. The number of rotatable bonds is 2. The lowest BCUT2D eigenvalue weighted by Gasteiger charge is -2.34. The average molecular weight is 353 g/mol. The average Bonchev–Trinajstić information content (AvgIpc) is 2.41. The molecule has 1 unspecified atom stereocenters. The van der Waals surface area contributed by atoms with E-state index in [0.717, 1.165) is 4.47 Å². The fourth-order valence-corrected chi connectivity index (χ4v) is 2.53. The number of ether oxygens (including phenoxy) is 1. The first-order chi connectivity index (χ1) is 8.63. The lowest BCUT2D eigenvalue weighted by Crippen LogP contribution is -2.49. The fourth-order valence-electron chi connectivity index (χ4n) is 1.85. The summed E-state index contributed by atoms with van der Waals surface area (Å²) in [5.74, 6) is 0.314. The molecular weight excluding hydrogens is 341 g/mol. The van der Waals surface area contributed by atoms with Crippen LogP contribution in [0.25, 0.3) is 0 Å². The third-order valence-corrected chi connectivity index (χ3v) is 4.42. The normalized spacial score (nSPS) is 19.9. The van der Waals surface area contributed by atoms with Gasteiger partial charge in [0.2, 0.25) is 0 Å². The van der Waals surface area contributed by atoms with Crippen molar-refractivity contribution in [3.63, 3.8) is 0 Å². The second-order valence-corrected chi connectivity index (χ2v) is 5.58. The molecule has 0 aromatic heterocycles. The van der Waals surface area contributed by atoms with Gasteiger partial charge in [-0.05, 0) is 34.1 Å². The van der Waals surface area contributed by atoms with Crippen LogP contribution >= 0.6 is 39.1 Å². The first-order valence-corrected chi connectivity index (χ1v) is 7.23. The van der Waals surface area contributed by atoms with Gasteiger partial charge < -0.3 is 9.64 Å². The number of carbonyl (C=O) groups excluding carboxylic acids is 1. The van der Waals surface area contributed by atoms with Crippen LogP contribution in [0.15, 0.2) is 22.7 Å². The van der Waals surface area contributed by atoms with Crippen LogP contribution in [0, 0.1) is 0 Å². The van der Waals surface area contributed by atoms with Gasteiger partial charge >= 0.3 is 0 Å². The van der Waals surface area contributed by atoms with Gasteiger partial charge in [0.05, 0.1) is 24.3 Å². The van der Waals surface area contributed by atoms with Crippen molar-refractivity contribution in [1.82, 2.24) is 4.90 Å². The Morgan fingerprint density at radius 2 is 2.33 bits per heavy atom. The van der Waals surface area contributed by atoms with Gasteiger partial charge in [-0.3, -0.25) is 4.79 Å². The molecule has 0 radical (unpaired) electrons. The van der Waals surface area contributed by atoms with Crippen molar-refractivity contribution < 1.29 is 9.53 Å². The Morgan fingerprint density at radius 1 is 1.56 bits per heavy atom. The number of halogens is 3. The van der Waals surface area contributed by atoms with Crippen molar-refractivity contribution in [2.24, 2.45) is 0 Å². The van der Waals surface area contributed by atoms with Crippen LogP contribution in [0.3, 0.4) is 0 Å². The van der Waals surface area contributed by atoms with E-state index in [1.54, 1.807) is 23.1 Å². The molecule has 6 heteroatoms. The Hall–Kier alpha value is -0.290. The smallest absolute Gasteiger partial charge is 0.254 e. The van der Waals surface area contributed by atoms with E-state index in [4.69, 9.17) is 27.9 Å². The summed E-state index contributed by atoms with van der Waals surface area (Å²) in [7, 11) is 0. The summed E-state index contributed by atoms with van der Waals surface area (Å²) in [6.45, 7) is 1.59. The molecule has 0 aliphatic carbocycles. The highest BCUT2D eigenvalue weighted by Gasteiger charge is 2.27. The van der Waals surface area contributed by atoms with E-state index in [1.807, 2.05) is 0 Å². The highest BCUT2D eigenvalue weighted by atomic mass is 79.9. The van der Waals surface area contributed by atoms with E-state index >= 15 is 0 Å². The Labute approximate surface area is 124 Å². The van der Waals surface area contributed by atoms with Crippen LogP contribution in [0.5, 0.6) is 0 Å². The van der Waals surface area contributed by atoms with E-state index in [1.165, 1.54) is 0 Å². The summed E-state index contributed by atoms with van der Waals surface area (Å²) < 4.78 is 6.09. The number of alkyl halides is 1. The minimum Gasteiger partial charge on any atom is -0.377 e. The van der Waals surface area contributed by atoms with Crippen LogP contribution in [-0.2, 0) is 4.74 Å². The standard InChI is InChI=1S/C12H12BrCl2NO2/c13-10-2-1-8(5-11(10)15)12(17)16-3-4-18-7-9(16)6-14/h1-2,5,9H,3-4,6-7H2. The zero-order chi connectivity index (χ0) is 13.1. The van der Waals surface area contributed by atoms with Crippen LogP contribution in [0.1, 0.15) is 10.4 Å². The van der Waals surface area contributed by atoms with Gasteiger partial charge in [-0.2, -0.15) is 0 Å². The number of amides is 1. The maximum absolute atomic E-state index is 12.4. The number of hydrogen-bond donors (Lipinski definition) is 0. The molecule has 1 amide bonds. The molecule has 1 heterocycles. The van der Waals surface area contributed by atoms with E-state index in [-0.39, 0.29) is 11.9 Å².